The smallest absolute Gasteiger partial charge is 0.258 e. The lowest BCUT2D eigenvalue weighted by Gasteiger charge is -2.34. The Labute approximate surface area is 130 Å². The fourth-order valence-corrected chi connectivity index (χ4v) is 2.88. The Morgan fingerprint density at radius 3 is 2.55 bits per heavy atom. The van der Waals surface area contributed by atoms with Crippen LogP contribution in [0.25, 0.3) is 0 Å². The first kappa shape index (κ1) is 15.3. The predicted molar refractivity (Wildman–Crippen MR) is 83.2 cm³/mol. The van der Waals surface area contributed by atoms with Crippen molar-refractivity contribution in [1.29, 1.82) is 0 Å². The topological polar surface area (TPSA) is 49.6 Å². The first-order chi connectivity index (χ1) is 9.49. The largest absolute Gasteiger partial charge is 0.392 e. The summed E-state index contributed by atoms with van der Waals surface area (Å²) in [7, 11) is 0. The highest BCUT2D eigenvalue weighted by Crippen LogP contribution is 2.22. The van der Waals surface area contributed by atoms with Gasteiger partial charge in [0, 0.05) is 37.2 Å². The SMILES string of the molecule is NC(=S)CN1CCN(C(=O)c2c(F)cccc2Br)CC1. The Morgan fingerprint density at radius 1 is 1.35 bits per heavy atom. The van der Waals surface area contributed by atoms with Crippen LogP contribution in [0, 0.1) is 5.82 Å². The van der Waals surface area contributed by atoms with E-state index in [1.54, 1.807) is 17.0 Å². The molecule has 2 rings (SSSR count). The summed E-state index contributed by atoms with van der Waals surface area (Å²) in [5.41, 5.74) is 5.59. The predicted octanol–water partition coefficient (Wildman–Crippen LogP) is 1.63. The van der Waals surface area contributed by atoms with Crippen LogP contribution < -0.4 is 5.73 Å². The summed E-state index contributed by atoms with van der Waals surface area (Å²) in [6, 6.07) is 4.52. The second-order valence-electron chi connectivity index (χ2n) is 4.63. The third-order valence-electron chi connectivity index (χ3n) is 3.22. The average molecular weight is 360 g/mol. The van der Waals surface area contributed by atoms with Gasteiger partial charge in [0.2, 0.25) is 0 Å². The zero-order chi connectivity index (χ0) is 14.7. The van der Waals surface area contributed by atoms with Crippen LogP contribution in [0.3, 0.4) is 0 Å². The molecule has 1 aromatic rings. The summed E-state index contributed by atoms with van der Waals surface area (Å²) in [6.45, 7) is 3.02. The number of thiocarbonyl (C=S) groups is 1. The van der Waals surface area contributed by atoms with Gasteiger partial charge in [0.25, 0.3) is 5.91 Å². The van der Waals surface area contributed by atoms with Gasteiger partial charge in [0.15, 0.2) is 0 Å². The number of carbonyl (C=O) groups is 1. The van der Waals surface area contributed by atoms with E-state index in [-0.39, 0.29) is 11.5 Å². The Bertz CT molecular complexity index is 512. The summed E-state index contributed by atoms with van der Waals surface area (Å²) in [4.78, 5) is 16.5. The fourth-order valence-electron chi connectivity index (χ4n) is 2.19. The highest BCUT2D eigenvalue weighted by atomic mass is 79.9. The molecule has 1 aliphatic heterocycles. The quantitative estimate of drug-likeness (QED) is 0.833. The Hall–Kier alpha value is -1.05. The molecule has 0 aliphatic carbocycles. The van der Waals surface area contributed by atoms with Crippen molar-refractivity contribution in [3.8, 4) is 0 Å². The number of rotatable bonds is 3. The van der Waals surface area contributed by atoms with E-state index in [9.17, 15) is 9.18 Å². The summed E-state index contributed by atoms with van der Waals surface area (Å²) in [5.74, 6) is -0.792. The Morgan fingerprint density at radius 2 is 2.00 bits per heavy atom. The highest BCUT2D eigenvalue weighted by molar-refractivity contribution is 9.10. The van der Waals surface area contributed by atoms with Gasteiger partial charge in [-0.05, 0) is 28.1 Å². The fraction of sp³-hybridized carbons (Fsp3) is 0.385. The summed E-state index contributed by atoms with van der Waals surface area (Å²) in [5, 5.41) is 0. The molecule has 1 saturated heterocycles. The lowest BCUT2D eigenvalue weighted by Crippen LogP contribution is -2.50. The maximum absolute atomic E-state index is 13.8. The molecule has 1 amide bonds. The molecule has 1 heterocycles. The van der Waals surface area contributed by atoms with E-state index < -0.39 is 5.82 Å². The minimum atomic E-state index is -0.505. The molecule has 4 nitrogen and oxygen atoms in total. The van der Waals surface area contributed by atoms with Crippen LogP contribution in [-0.2, 0) is 0 Å². The number of nitrogens with zero attached hydrogens (tertiary/aromatic N) is 2. The second kappa shape index (κ2) is 6.60. The number of halogens is 2. The maximum atomic E-state index is 13.8. The lowest BCUT2D eigenvalue weighted by atomic mass is 10.1. The van der Waals surface area contributed by atoms with Crippen LogP contribution >= 0.6 is 28.1 Å². The molecule has 0 aromatic heterocycles. The molecule has 20 heavy (non-hydrogen) atoms. The Balaban J connectivity index is 2.04. The molecule has 108 valence electrons. The highest BCUT2D eigenvalue weighted by Gasteiger charge is 2.25. The van der Waals surface area contributed by atoms with E-state index in [1.807, 2.05) is 0 Å². The zero-order valence-corrected chi connectivity index (χ0v) is 13.2. The van der Waals surface area contributed by atoms with Crippen LogP contribution in [0.15, 0.2) is 22.7 Å². The maximum Gasteiger partial charge on any atom is 0.258 e. The molecule has 0 saturated carbocycles. The second-order valence-corrected chi connectivity index (χ2v) is 6.01. The van der Waals surface area contributed by atoms with Crippen molar-refractivity contribution in [3.63, 3.8) is 0 Å². The zero-order valence-electron chi connectivity index (χ0n) is 10.8. The minimum Gasteiger partial charge on any atom is -0.392 e. The summed E-state index contributed by atoms with van der Waals surface area (Å²) >= 11 is 8.10. The van der Waals surface area contributed by atoms with E-state index >= 15 is 0 Å². The van der Waals surface area contributed by atoms with Crippen LogP contribution in [-0.4, -0.2) is 53.4 Å². The average Bonchev–Trinajstić information content (AvgIpc) is 2.38. The number of nitrogens with two attached hydrogens (primary N) is 1. The van der Waals surface area contributed by atoms with E-state index in [1.165, 1.54) is 6.07 Å². The summed E-state index contributed by atoms with van der Waals surface area (Å²) < 4.78 is 14.3. The Kier molecular flexibility index (Phi) is 5.06. The normalized spacial score (nSPS) is 16.2. The van der Waals surface area contributed by atoms with Gasteiger partial charge in [-0.25, -0.2) is 4.39 Å². The van der Waals surface area contributed by atoms with Crippen molar-refractivity contribution < 1.29 is 9.18 Å². The van der Waals surface area contributed by atoms with E-state index in [4.69, 9.17) is 18.0 Å². The third-order valence-corrected chi connectivity index (χ3v) is 4.01. The summed E-state index contributed by atoms with van der Waals surface area (Å²) in [6.07, 6.45) is 0. The first-order valence-corrected chi connectivity index (χ1v) is 7.43. The van der Waals surface area contributed by atoms with Crippen molar-refractivity contribution in [2.24, 2.45) is 5.73 Å². The van der Waals surface area contributed by atoms with E-state index in [2.05, 4.69) is 20.8 Å². The van der Waals surface area contributed by atoms with Gasteiger partial charge < -0.3 is 10.6 Å². The lowest BCUT2D eigenvalue weighted by molar-refractivity contribution is 0.0649. The molecule has 2 N–H and O–H groups in total. The number of benzene rings is 1. The van der Waals surface area contributed by atoms with Gasteiger partial charge in [-0.2, -0.15) is 0 Å². The third kappa shape index (κ3) is 3.53. The first-order valence-electron chi connectivity index (χ1n) is 6.23. The molecule has 0 spiro atoms. The number of piperazine rings is 1. The number of carbonyl (C=O) groups excluding carboxylic acids is 1. The van der Waals surface area contributed by atoms with E-state index in [0.29, 0.717) is 42.2 Å². The van der Waals surface area contributed by atoms with Gasteiger partial charge in [0.1, 0.15) is 5.82 Å². The van der Waals surface area contributed by atoms with Crippen LogP contribution in [0.1, 0.15) is 10.4 Å². The monoisotopic (exact) mass is 359 g/mol. The van der Waals surface area contributed by atoms with Crippen molar-refractivity contribution in [1.82, 2.24) is 9.80 Å². The molecular weight excluding hydrogens is 345 g/mol. The van der Waals surface area contributed by atoms with Gasteiger partial charge in [0.05, 0.1) is 10.6 Å². The molecule has 1 aromatic carbocycles. The molecule has 1 fully saturated rings. The standard InChI is InChI=1S/C13H15BrFN3OS/c14-9-2-1-3-10(15)12(9)13(19)18-6-4-17(5-7-18)8-11(16)20/h1-3H,4-8H2,(H2,16,20). The number of amides is 1. The van der Waals surface area contributed by atoms with Crippen LogP contribution in [0.2, 0.25) is 0 Å². The van der Waals surface area contributed by atoms with Crippen molar-refractivity contribution in [2.75, 3.05) is 32.7 Å². The number of hydrogen-bond acceptors (Lipinski definition) is 3. The minimum absolute atomic E-state index is 0.0929. The van der Waals surface area contributed by atoms with E-state index in [0.717, 1.165) is 0 Å². The molecule has 7 heteroatoms. The van der Waals surface area contributed by atoms with Crippen molar-refractivity contribution in [2.45, 2.75) is 0 Å². The van der Waals surface area contributed by atoms with Crippen molar-refractivity contribution in [3.05, 3.63) is 34.1 Å². The molecule has 0 bridgehead atoms. The van der Waals surface area contributed by atoms with Crippen LogP contribution in [0.5, 0.6) is 0 Å². The molecule has 0 radical (unpaired) electrons. The van der Waals surface area contributed by atoms with Gasteiger partial charge in [-0.15, -0.1) is 0 Å². The molecular formula is C13H15BrFN3OS. The van der Waals surface area contributed by atoms with Crippen LogP contribution in [0.4, 0.5) is 4.39 Å². The van der Waals surface area contributed by atoms with Gasteiger partial charge in [-0.1, -0.05) is 18.3 Å². The van der Waals surface area contributed by atoms with Gasteiger partial charge in [-0.3, -0.25) is 9.69 Å². The van der Waals surface area contributed by atoms with Gasteiger partial charge >= 0.3 is 0 Å². The molecule has 0 unspecified atom stereocenters. The van der Waals surface area contributed by atoms with Crippen molar-refractivity contribution >= 4 is 39.0 Å². The molecule has 1 aliphatic rings. The number of hydrogen-bond donors (Lipinski definition) is 1. The molecule has 0 atom stereocenters.